The maximum atomic E-state index is 12.8. The van der Waals surface area contributed by atoms with Crippen molar-refractivity contribution in [2.75, 3.05) is 7.11 Å². The molecule has 0 aliphatic rings. The van der Waals surface area contributed by atoms with Crippen LogP contribution in [0.4, 0.5) is 0 Å². The van der Waals surface area contributed by atoms with Gasteiger partial charge in [-0.1, -0.05) is 0 Å². The van der Waals surface area contributed by atoms with Crippen molar-refractivity contribution in [3.8, 4) is 11.6 Å². The summed E-state index contributed by atoms with van der Waals surface area (Å²) in [5, 5.41) is 0. The molecule has 3 rings (SSSR count). The Kier molecular flexibility index (Phi) is 5.29. The molecule has 7 nitrogen and oxygen atoms in total. The van der Waals surface area contributed by atoms with Crippen molar-refractivity contribution in [3.05, 3.63) is 65.4 Å². The van der Waals surface area contributed by atoms with Gasteiger partial charge in [0.2, 0.25) is 10.0 Å². The van der Waals surface area contributed by atoms with Gasteiger partial charge < -0.3 is 4.74 Å². The SMILES string of the molecule is COc1cc(C)c(S(=O)(=O)NCc2ccnc(-n3ccnc3C)c2)cc1C. The molecule has 27 heavy (non-hydrogen) atoms. The summed E-state index contributed by atoms with van der Waals surface area (Å²) < 4.78 is 35.3. The molecule has 0 unspecified atom stereocenters. The first-order valence-electron chi connectivity index (χ1n) is 8.42. The fourth-order valence-electron chi connectivity index (χ4n) is 2.85. The number of pyridine rings is 1. The number of nitrogens with one attached hydrogen (secondary N) is 1. The van der Waals surface area contributed by atoms with Crippen LogP contribution in [0.1, 0.15) is 22.5 Å². The van der Waals surface area contributed by atoms with Gasteiger partial charge in [-0.25, -0.2) is 23.1 Å². The highest BCUT2D eigenvalue weighted by atomic mass is 32.2. The predicted octanol–water partition coefficient (Wildman–Crippen LogP) is 2.68. The van der Waals surface area contributed by atoms with Crippen molar-refractivity contribution >= 4 is 10.0 Å². The van der Waals surface area contributed by atoms with Gasteiger partial charge >= 0.3 is 0 Å². The molecule has 3 aromatic rings. The second kappa shape index (κ2) is 7.50. The third kappa shape index (κ3) is 4.01. The average molecular weight is 386 g/mol. The highest BCUT2D eigenvalue weighted by Crippen LogP contribution is 2.25. The van der Waals surface area contributed by atoms with E-state index in [-0.39, 0.29) is 11.4 Å². The van der Waals surface area contributed by atoms with Crippen LogP contribution >= 0.6 is 0 Å². The zero-order chi connectivity index (χ0) is 19.6. The van der Waals surface area contributed by atoms with Gasteiger partial charge in [-0.15, -0.1) is 0 Å². The summed E-state index contributed by atoms with van der Waals surface area (Å²) in [6, 6.07) is 6.98. The summed E-state index contributed by atoms with van der Waals surface area (Å²) in [6.07, 6.45) is 5.16. The molecule has 0 saturated carbocycles. The van der Waals surface area contributed by atoms with Crippen LogP contribution in [0.25, 0.3) is 5.82 Å². The van der Waals surface area contributed by atoms with Crippen LogP contribution in [0.15, 0.2) is 47.8 Å². The molecular weight excluding hydrogens is 364 g/mol. The molecule has 0 bridgehead atoms. The number of benzene rings is 1. The van der Waals surface area contributed by atoms with Gasteiger partial charge in [0.1, 0.15) is 17.4 Å². The van der Waals surface area contributed by atoms with Crippen molar-refractivity contribution in [3.63, 3.8) is 0 Å². The van der Waals surface area contributed by atoms with Crippen molar-refractivity contribution in [1.82, 2.24) is 19.3 Å². The Morgan fingerprint density at radius 1 is 1.07 bits per heavy atom. The maximum absolute atomic E-state index is 12.8. The van der Waals surface area contributed by atoms with E-state index in [1.807, 2.05) is 30.7 Å². The quantitative estimate of drug-likeness (QED) is 0.704. The van der Waals surface area contributed by atoms with Crippen LogP contribution in [0.3, 0.4) is 0 Å². The maximum Gasteiger partial charge on any atom is 0.241 e. The molecule has 0 saturated heterocycles. The van der Waals surface area contributed by atoms with E-state index in [2.05, 4.69) is 14.7 Å². The van der Waals surface area contributed by atoms with E-state index in [1.165, 1.54) is 0 Å². The third-order valence-electron chi connectivity index (χ3n) is 4.33. The Morgan fingerprint density at radius 2 is 1.85 bits per heavy atom. The van der Waals surface area contributed by atoms with Crippen LogP contribution in [0, 0.1) is 20.8 Å². The minimum absolute atomic E-state index is 0.163. The second-order valence-electron chi connectivity index (χ2n) is 6.28. The second-order valence-corrected chi connectivity index (χ2v) is 8.01. The summed E-state index contributed by atoms with van der Waals surface area (Å²) in [5.41, 5.74) is 2.21. The highest BCUT2D eigenvalue weighted by molar-refractivity contribution is 7.89. The molecule has 1 N–H and O–H groups in total. The normalized spacial score (nSPS) is 11.6. The minimum Gasteiger partial charge on any atom is -0.496 e. The molecule has 1 aromatic carbocycles. The number of ether oxygens (including phenoxy) is 1. The lowest BCUT2D eigenvalue weighted by atomic mass is 10.1. The van der Waals surface area contributed by atoms with Gasteiger partial charge in [-0.05, 0) is 61.7 Å². The van der Waals surface area contributed by atoms with E-state index < -0.39 is 10.0 Å². The predicted molar refractivity (Wildman–Crippen MR) is 103 cm³/mol. The zero-order valence-corrected chi connectivity index (χ0v) is 16.5. The van der Waals surface area contributed by atoms with Gasteiger partial charge in [0.15, 0.2) is 0 Å². The summed E-state index contributed by atoms with van der Waals surface area (Å²) >= 11 is 0. The fraction of sp³-hybridized carbons (Fsp3) is 0.263. The molecule has 2 heterocycles. The largest absolute Gasteiger partial charge is 0.496 e. The summed E-state index contributed by atoms with van der Waals surface area (Å²) in [6.45, 7) is 5.62. The number of aryl methyl sites for hydroxylation is 3. The van der Waals surface area contributed by atoms with Crippen LogP contribution < -0.4 is 9.46 Å². The minimum atomic E-state index is -3.66. The Bertz CT molecular complexity index is 1070. The van der Waals surface area contributed by atoms with Crippen molar-refractivity contribution in [1.29, 1.82) is 0 Å². The van der Waals surface area contributed by atoms with E-state index >= 15 is 0 Å². The van der Waals surface area contributed by atoms with Gasteiger partial charge in [-0.2, -0.15) is 0 Å². The van der Waals surface area contributed by atoms with Gasteiger partial charge in [0.25, 0.3) is 0 Å². The summed E-state index contributed by atoms with van der Waals surface area (Å²) in [5.74, 6) is 2.17. The average Bonchev–Trinajstić information content (AvgIpc) is 3.08. The molecule has 0 amide bonds. The lowest BCUT2D eigenvalue weighted by Crippen LogP contribution is -2.24. The monoisotopic (exact) mass is 386 g/mol. The van der Waals surface area contributed by atoms with E-state index in [9.17, 15) is 8.42 Å². The first-order chi connectivity index (χ1) is 12.8. The molecule has 8 heteroatoms. The first kappa shape index (κ1) is 19.1. The van der Waals surface area contributed by atoms with E-state index in [0.717, 1.165) is 17.0 Å². The number of methoxy groups -OCH3 is 1. The van der Waals surface area contributed by atoms with Crippen LogP contribution in [0.2, 0.25) is 0 Å². The van der Waals surface area contributed by atoms with Crippen LogP contribution in [-0.2, 0) is 16.6 Å². The number of rotatable bonds is 6. The van der Waals surface area contributed by atoms with E-state index in [0.29, 0.717) is 17.1 Å². The fourth-order valence-corrected chi connectivity index (χ4v) is 4.18. The number of hydrogen-bond donors (Lipinski definition) is 1. The smallest absolute Gasteiger partial charge is 0.241 e. The molecule has 2 aromatic heterocycles. The van der Waals surface area contributed by atoms with E-state index in [4.69, 9.17) is 4.74 Å². The standard InChI is InChI=1S/C19H22N4O3S/c1-13-10-18(14(2)9-17(13)26-4)27(24,25)22-12-16-5-6-21-19(11-16)23-8-7-20-15(23)3/h5-11,22H,12H2,1-4H3. The Morgan fingerprint density at radius 3 is 2.52 bits per heavy atom. The van der Waals surface area contributed by atoms with Gasteiger partial charge in [-0.3, -0.25) is 4.57 Å². The summed E-state index contributed by atoms with van der Waals surface area (Å²) in [7, 11) is -2.09. The van der Waals surface area contributed by atoms with Crippen molar-refractivity contribution in [2.24, 2.45) is 0 Å². The third-order valence-corrected chi connectivity index (χ3v) is 5.87. The molecule has 0 radical (unpaired) electrons. The van der Waals surface area contributed by atoms with Crippen molar-refractivity contribution in [2.45, 2.75) is 32.2 Å². The summed E-state index contributed by atoms with van der Waals surface area (Å²) in [4.78, 5) is 8.75. The molecule has 0 spiro atoms. The lowest BCUT2D eigenvalue weighted by molar-refractivity contribution is 0.411. The Hall–Kier alpha value is -2.71. The molecule has 0 fully saturated rings. The van der Waals surface area contributed by atoms with Crippen LogP contribution in [0.5, 0.6) is 5.75 Å². The molecular formula is C19H22N4O3S. The van der Waals surface area contributed by atoms with Crippen molar-refractivity contribution < 1.29 is 13.2 Å². The number of sulfonamides is 1. The number of hydrogen-bond acceptors (Lipinski definition) is 5. The highest BCUT2D eigenvalue weighted by Gasteiger charge is 2.18. The number of imidazole rings is 1. The number of aromatic nitrogens is 3. The molecule has 142 valence electrons. The van der Waals surface area contributed by atoms with Gasteiger partial charge in [0, 0.05) is 25.1 Å². The van der Waals surface area contributed by atoms with Gasteiger partial charge in [0.05, 0.1) is 12.0 Å². The molecule has 0 atom stereocenters. The Balaban J connectivity index is 1.82. The first-order valence-corrected chi connectivity index (χ1v) is 9.90. The lowest BCUT2D eigenvalue weighted by Gasteiger charge is -2.13. The Labute approximate surface area is 159 Å². The zero-order valence-electron chi connectivity index (χ0n) is 15.7. The molecule has 0 aliphatic heterocycles. The number of nitrogens with zero attached hydrogens (tertiary/aromatic N) is 3. The van der Waals surface area contributed by atoms with Crippen LogP contribution in [-0.4, -0.2) is 30.1 Å². The van der Waals surface area contributed by atoms with E-state index in [1.54, 1.807) is 44.6 Å². The molecule has 0 aliphatic carbocycles. The topological polar surface area (TPSA) is 86.1 Å².